The Balaban J connectivity index is 1.83. The van der Waals surface area contributed by atoms with E-state index in [0.717, 1.165) is 38.3 Å². The van der Waals surface area contributed by atoms with Crippen molar-refractivity contribution in [3.8, 4) is 5.75 Å². The molecule has 1 amide bonds. The molecule has 3 N–H and O–H groups in total. The number of methoxy groups -OCH3 is 1. The number of phenols is 1. The summed E-state index contributed by atoms with van der Waals surface area (Å²) >= 11 is 0. The molecular formula is C19H30N3O4+. The van der Waals surface area contributed by atoms with Gasteiger partial charge in [-0.05, 0) is 30.2 Å². The molecule has 2 rings (SSSR count). The molecule has 0 bridgehead atoms. The SMILES string of the molecule is CC[C@@H](C)[C@@H](NC(=O)C[NH+]1CCN(c2ccc(O)cc2)CC1)C(=O)OC. The largest absolute Gasteiger partial charge is 0.508 e. The molecule has 7 nitrogen and oxygen atoms in total. The zero-order chi connectivity index (χ0) is 19.1. The number of quaternary nitrogens is 1. The summed E-state index contributed by atoms with van der Waals surface area (Å²) in [5.41, 5.74) is 1.08. The number of hydrogen-bond donors (Lipinski definition) is 3. The number of hydrogen-bond acceptors (Lipinski definition) is 5. The van der Waals surface area contributed by atoms with Gasteiger partial charge in [0.05, 0.1) is 33.3 Å². The average Bonchev–Trinajstić information content (AvgIpc) is 2.66. The van der Waals surface area contributed by atoms with E-state index >= 15 is 0 Å². The molecule has 1 saturated heterocycles. The van der Waals surface area contributed by atoms with Gasteiger partial charge in [-0.2, -0.15) is 0 Å². The number of anilines is 1. The van der Waals surface area contributed by atoms with Crippen molar-refractivity contribution >= 4 is 17.6 Å². The Hall–Kier alpha value is -2.28. The number of nitrogens with zero attached hydrogens (tertiary/aromatic N) is 1. The van der Waals surface area contributed by atoms with Crippen LogP contribution < -0.4 is 15.1 Å². The van der Waals surface area contributed by atoms with E-state index in [0.29, 0.717) is 6.54 Å². The number of ether oxygens (including phenoxy) is 1. The van der Waals surface area contributed by atoms with Gasteiger partial charge in [0, 0.05) is 5.69 Å². The zero-order valence-electron chi connectivity index (χ0n) is 15.8. The highest BCUT2D eigenvalue weighted by Gasteiger charge is 2.29. The molecule has 1 aromatic rings. The Labute approximate surface area is 154 Å². The quantitative estimate of drug-likeness (QED) is 0.584. The Morgan fingerprint density at radius 3 is 2.42 bits per heavy atom. The summed E-state index contributed by atoms with van der Waals surface area (Å²) in [5.74, 6) is -0.211. The summed E-state index contributed by atoms with van der Waals surface area (Å²) in [5, 5.41) is 12.2. The molecule has 1 aliphatic rings. The highest BCUT2D eigenvalue weighted by molar-refractivity contribution is 5.85. The molecule has 26 heavy (non-hydrogen) atoms. The third-order valence-electron chi connectivity index (χ3n) is 5.08. The maximum Gasteiger partial charge on any atom is 0.328 e. The van der Waals surface area contributed by atoms with Gasteiger partial charge in [-0.15, -0.1) is 0 Å². The zero-order valence-corrected chi connectivity index (χ0v) is 15.8. The maximum atomic E-state index is 12.4. The van der Waals surface area contributed by atoms with Crippen molar-refractivity contribution in [1.29, 1.82) is 0 Å². The number of esters is 1. The fourth-order valence-electron chi connectivity index (χ4n) is 3.17. The summed E-state index contributed by atoms with van der Waals surface area (Å²) in [7, 11) is 1.34. The lowest BCUT2D eigenvalue weighted by atomic mass is 9.99. The molecular weight excluding hydrogens is 334 g/mol. The smallest absolute Gasteiger partial charge is 0.328 e. The predicted molar refractivity (Wildman–Crippen MR) is 99.3 cm³/mol. The second kappa shape index (κ2) is 9.43. The molecule has 0 aliphatic carbocycles. The van der Waals surface area contributed by atoms with Crippen molar-refractivity contribution in [3.63, 3.8) is 0 Å². The predicted octanol–water partition coefficient (Wildman–Crippen LogP) is -0.199. The standard InChI is InChI=1S/C19H29N3O4/c1-4-14(2)18(19(25)26-3)20-17(24)13-21-9-11-22(12-10-21)15-5-7-16(23)8-6-15/h5-8,14,18,23H,4,9-13H2,1-3H3,(H,20,24)/p+1/t14-,18-/m1/s1. The van der Waals surface area contributed by atoms with Crippen molar-refractivity contribution in [3.05, 3.63) is 24.3 Å². The summed E-state index contributed by atoms with van der Waals surface area (Å²) in [6, 6.07) is 6.59. The van der Waals surface area contributed by atoms with Crippen molar-refractivity contribution in [2.24, 2.45) is 5.92 Å². The topological polar surface area (TPSA) is 83.3 Å². The van der Waals surface area contributed by atoms with Crippen LogP contribution in [0.15, 0.2) is 24.3 Å². The van der Waals surface area contributed by atoms with Crippen LogP contribution in [-0.2, 0) is 14.3 Å². The number of aromatic hydroxyl groups is 1. The minimum absolute atomic E-state index is 0.0349. The molecule has 1 heterocycles. The van der Waals surface area contributed by atoms with Crippen LogP contribution in [0.2, 0.25) is 0 Å². The van der Waals surface area contributed by atoms with E-state index < -0.39 is 6.04 Å². The summed E-state index contributed by atoms with van der Waals surface area (Å²) in [6.45, 7) is 7.67. The normalized spacial score (nSPS) is 17.4. The minimum Gasteiger partial charge on any atom is -0.508 e. The van der Waals surface area contributed by atoms with Crippen LogP contribution in [0, 0.1) is 5.92 Å². The number of benzene rings is 1. The van der Waals surface area contributed by atoms with Crippen LogP contribution in [0.1, 0.15) is 20.3 Å². The van der Waals surface area contributed by atoms with Crippen LogP contribution in [0.5, 0.6) is 5.75 Å². The van der Waals surface area contributed by atoms with Crippen LogP contribution in [0.4, 0.5) is 5.69 Å². The van der Waals surface area contributed by atoms with Gasteiger partial charge in [0.1, 0.15) is 11.8 Å². The number of carbonyl (C=O) groups is 2. The molecule has 144 valence electrons. The molecule has 0 unspecified atom stereocenters. The molecule has 0 aromatic heterocycles. The molecule has 0 radical (unpaired) electrons. The van der Waals surface area contributed by atoms with E-state index in [1.165, 1.54) is 12.0 Å². The molecule has 1 aromatic carbocycles. The van der Waals surface area contributed by atoms with E-state index in [-0.39, 0.29) is 23.5 Å². The van der Waals surface area contributed by atoms with Gasteiger partial charge in [0.15, 0.2) is 6.54 Å². The van der Waals surface area contributed by atoms with Crippen LogP contribution in [0.3, 0.4) is 0 Å². The number of rotatable bonds is 7. The lowest BCUT2D eigenvalue weighted by molar-refractivity contribution is -0.892. The van der Waals surface area contributed by atoms with Crippen molar-refractivity contribution in [1.82, 2.24) is 5.32 Å². The van der Waals surface area contributed by atoms with Crippen molar-refractivity contribution in [2.75, 3.05) is 44.7 Å². The van der Waals surface area contributed by atoms with Crippen LogP contribution in [0.25, 0.3) is 0 Å². The van der Waals surface area contributed by atoms with E-state index in [9.17, 15) is 14.7 Å². The van der Waals surface area contributed by atoms with Gasteiger partial charge in [0.2, 0.25) is 0 Å². The van der Waals surface area contributed by atoms with Crippen LogP contribution in [-0.4, -0.2) is 62.9 Å². The first-order valence-electron chi connectivity index (χ1n) is 9.19. The Morgan fingerprint density at radius 2 is 1.88 bits per heavy atom. The van der Waals surface area contributed by atoms with Crippen molar-refractivity contribution < 1.29 is 24.3 Å². The maximum absolute atomic E-state index is 12.4. The van der Waals surface area contributed by atoms with E-state index in [1.807, 2.05) is 26.0 Å². The van der Waals surface area contributed by atoms with E-state index in [2.05, 4.69) is 10.2 Å². The summed E-state index contributed by atoms with van der Waals surface area (Å²) in [4.78, 5) is 27.7. The number of piperazine rings is 1. The van der Waals surface area contributed by atoms with Gasteiger partial charge in [-0.25, -0.2) is 4.79 Å². The lowest BCUT2D eigenvalue weighted by Crippen LogP contribution is -3.16. The van der Waals surface area contributed by atoms with E-state index in [1.54, 1.807) is 12.1 Å². The van der Waals surface area contributed by atoms with Crippen LogP contribution >= 0.6 is 0 Å². The van der Waals surface area contributed by atoms with Gasteiger partial charge in [-0.1, -0.05) is 20.3 Å². The molecule has 0 saturated carbocycles. The highest BCUT2D eigenvalue weighted by atomic mass is 16.5. The fraction of sp³-hybridized carbons (Fsp3) is 0.579. The number of phenolic OH excluding ortho intramolecular Hbond substituents is 1. The molecule has 1 fully saturated rings. The third-order valence-corrected chi connectivity index (χ3v) is 5.08. The Bertz CT molecular complexity index is 597. The highest BCUT2D eigenvalue weighted by Crippen LogP contribution is 2.18. The molecule has 2 atom stereocenters. The first kappa shape index (κ1) is 20.0. The number of carbonyl (C=O) groups excluding carboxylic acids is 2. The van der Waals surface area contributed by atoms with Gasteiger partial charge >= 0.3 is 5.97 Å². The second-order valence-corrected chi connectivity index (χ2v) is 6.88. The monoisotopic (exact) mass is 364 g/mol. The van der Waals surface area contributed by atoms with Crippen molar-refractivity contribution in [2.45, 2.75) is 26.3 Å². The molecule has 7 heteroatoms. The minimum atomic E-state index is -0.588. The first-order valence-corrected chi connectivity index (χ1v) is 9.19. The fourth-order valence-corrected chi connectivity index (χ4v) is 3.17. The summed E-state index contributed by atoms with van der Waals surface area (Å²) in [6.07, 6.45) is 0.790. The molecule has 1 aliphatic heterocycles. The average molecular weight is 364 g/mol. The number of amides is 1. The van der Waals surface area contributed by atoms with Gasteiger partial charge in [-0.3, -0.25) is 4.79 Å². The number of nitrogens with one attached hydrogen (secondary N) is 2. The second-order valence-electron chi connectivity index (χ2n) is 6.88. The molecule has 0 spiro atoms. The lowest BCUT2D eigenvalue weighted by Gasteiger charge is -2.33. The first-order chi connectivity index (χ1) is 12.4. The van der Waals surface area contributed by atoms with Gasteiger partial charge < -0.3 is 25.0 Å². The van der Waals surface area contributed by atoms with E-state index in [4.69, 9.17) is 4.74 Å². The van der Waals surface area contributed by atoms with Gasteiger partial charge in [0.25, 0.3) is 5.91 Å². The Morgan fingerprint density at radius 1 is 1.27 bits per heavy atom. The third kappa shape index (κ3) is 5.36. The Kier molecular flexibility index (Phi) is 7.26. The summed E-state index contributed by atoms with van der Waals surface area (Å²) < 4.78 is 4.81.